The third-order valence-electron chi connectivity index (χ3n) is 3.68. The molecule has 3 nitrogen and oxygen atoms in total. The zero-order valence-electron chi connectivity index (χ0n) is 12.4. The second-order valence-electron chi connectivity index (χ2n) is 5.58. The minimum atomic E-state index is 0.586. The lowest BCUT2D eigenvalue weighted by Gasteiger charge is -2.37. The van der Waals surface area contributed by atoms with Crippen molar-refractivity contribution in [2.24, 2.45) is 0 Å². The summed E-state index contributed by atoms with van der Waals surface area (Å²) in [5.74, 6) is 0.979. The Morgan fingerprint density at radius 1 is 1.26 bits per heavy atom. The van der Waals surface area contributed by atoms with E-state index in [9.17, 15) is 0 Å². The van der Waals surface area contributed by atoms with Gasteiger partial charge in [0, 0.05) is 31.7 Å². The average Bonchev–Trinajstić information content (AvgIpc) is 2.42. The van der Waals surface area contributed by atoms with Gasteiger partial charge in [-0.15, -0.1) is 0 Å². The highest BCUT2D eigenvalue weighted by molar-refractivity contribution is 5.27. The van der Waals surface area contributed by atoms with Gasteiger partial charge in [0.25, 0.3) is 0 Å². The normalized spacial score (nSPS) is 24.4. The maximum atomic E-state index is 5.61. The Bertz CT molecular complexity index is 377. The fourth-order valence-corrected chi connectivity index (χ4v) is 2.46. The summed E-state index contributed by atoms with van der Waals surface area (Å²) in [7, 11) is 0. The van der Waals surface area contributed by atoms with Crippen LogP contribution in [0.5, 0.6) is 5.75 Å². The van der Waals surface area contributed by atoms with Gasteiger partial charge in [0.15, 0.2) is 0 Å². The van der Waals surface area contributed by atoms with Crippen molar-refractivity contribution in [1.82, 2.24) is 10.2 Å². The molecule has 2 atom stereocenters. The van der Waals surface area contributed by atoms with Gasteiger partial charge < -0.3 is 10.1 Å². The molecule has 1 saturated heterocycles. The molecule has 1 aliphatic rings. The summed E-state index contributed by atoms with van der Waals surface area (Å²) in [6.07, 6.45) is 1.05. The smallest absolute Gasteiger partial charge is 0.119 e. The Hall–Kier alpha value is -1.06. The van der Waals surface area contributed by atoms with E-state index < -0.39 is 0 Å². The van der Waals surface area contributed by atoms with Crippen LogP contribution in [-0.2, 0) is 6.54 Å². The number of benzene rings is 1. The van der Waals surface area contributed by atoms with E-state index in [0.29, 0.717) is 12.1 Å². The Balaban J connectivity index is 1.91. The molecule has 1 N–H and O–H groups in total. The maximum absolute atomic E-state index is 5.61. The van der Waals surface area contributed by atoms with E-state index in [2.05, 4.69) is 55.3 Å². The van der Waals surface area contributed by atoms with Crippen LogP contribution in [0.25, 0.3) is 0 Å². The lowest BCUT2D eigenvalue weighted by molar-refractivity contribution is 0.139. The third kappa shape index (κ3) is 4.22. The molecule has 1 aromatic rings. The summed E-state index contributed by atoms with van der Waals surface area (Å²) in [5, 5.41) is 3.52. The Morgan fingerprint density at radius 3 is 2.68 bits per heavy atom. The molecule has 106 valence electrons. The second-order valence-corrected chi connectivity index (χ2v) is 5.58. The number of hydrogen-bond acceptors (Lipinski definition) is 3. The summed E-state index contributed by atoms with van der Waals surface area (Å²) in [5.41, 5.74) is 1.37. The first-order valence-corrected chi connectivity index (χ1v) is 7.38. The molecule has 0 bridgehead atoms. The number of hydrogen-bond donors (Lipinski definition) is 1. The predicted octanol–water partition coefficient (Wildman–Crippen LogP) is 2.66. The predicted molar refractivity (Wildman–Crippen MR) is 79.6 cm³/mol. The van der Waals surface area contributed by atoms with E-state index >= 15 is 0 Å². The first-order chi connectivity index (χ1) is 9.19. The third-order valence-corrected chi connectivity index (χ3v) is 3.68. The summed E-state index contributed by atoms with van der Waals surface area (Å²) in [4.78, 5) is 2.54. The first-order valence-electron chi connectivity index (χ1n) is 7.38. The summed E-state index contributed by atoms with van der Waals surface area (Å²) >= 11 is 0. The van der Waals surface area contributed by atoms with E-state index in [1.807, 2.05) is 0 Å². The molecular formula is C16H26N2O. The first kappa shape index (κ1) is 14.4. The highest BCUT2D eigenvalue weighted by atomic mass is 16.5. The standard InChI is InChI=1S/C16H26N2O/c1-4-9-19-16-7-5-15(6-8-16)12-18-11-13(2)17-10-14(18)3/h5-8,13-14,17H,4,9-12H2,1-3H3. The van der Waals surface area contributed by atoms with E-state index in [1.54, 1.807) is 0 Å². The fraction of sp³-hybridized carbons (Fsp3) is 0.625. The molecule has 0 amide bonds. The molecule has 0 radical (unpaired) electrons. The lowest BCUT2D eigenvalue weighted by Crippen LogP contribution is -2.53. The number of nitrogens with one attached hydrogen (secondary N) is 1. The Morgan fingerprint density at radius 2 is 2.00 bits per heavy atom. The molecule has 2 rings (SSSR count). The molecule has 1 fully saturated rings. The SMILES string of the molecule is CCCOc1ccc(CN2CC(C)NCC2C)cc1. The molecule has 1 heterocycles. The van der Waals surface area contributed by atoms with Crippen molar-refractivity contribution in [2.75, 3.05) is 19.7 Å². The van der Waals surface area contributed by atoms with Crippen molar-refractivity contribution in [3.8, 4) is 5.75 Å². The molecule has 2 unspecified atom stereocenters. The summed E-state index contributed by atoms with van der Waals surface area (Å²) in [6, 6.07) is 9.73. The summed E-state index contributed by atoms with van der Waals surface area (Å²) in [6.45, 7) is 10.7. The Labute approximate surface area is 116 Å². The van der Waals surface area contributed by atoms with E-state index in [4.69, 9.17) is 4.74 Å². The minimum Gasteiger partial charge on any atom is -0.494 e. The van der Waals surface area contributed by atoms with Gasteiger partial charge in [-0.05, 0) is 38.0 Å². The topological polar surface area (TPSA) is 24.5 Å². The van der Waals surface area contributed by atoms with Crippen LogP contribution in [0.1, 0.15) is 32.8 Å². The van der Waals surface area contributed by atoms with Crippen molar-refractivity contribution < 1.29 is 4.74 Å². The maximum Gasteiger partial charge on any atom is 0.119 e. The molecule has 1 aliphatic heterocycles. The molecule has 0 aliphatic carbocycles. The second kappa shape index (κ2) is 6.92. The van der Waals surface area contributed by atoms with Crippen LogP contribution >= 0.6 is 0 Å². The van der Waals surface area contributed by atoms with Gasteiger partial charge in [0.2, 0.25) is 0 Å². The zero-order valence-corrected chi connectivity index (χ0v) is 12.4. The van der Waals surface area contributed by atoms with Crippen LogP contribution in [0.3, 0.4) is 0 Å². The summed E-state index contributed by atoms with van der Waals surface area (Å²) < 4.78 is 5.61. The highest BCUT2D eigenvalue weighted by Crippen LogP contribution is 2.16. The number of nitrogens with zero attached hydrogens (tertiary/aromatic N) is 1. The molecule has 0 aromatic heterocycles. The van der Waals surface area contributed by atoms with Crippen molar-refractivity contribution in [3.05, 3.63) is 29.8 Å². The largest absolute Gasteiger partial charge is 0.494 e. The van der Waals surface area contributed by atoms with Gasteiger partial charge in [-0.2, -0.15) is 0 Å². The van der Waals surface area contributed by atoms with Crippen LogP contribution in [0.15, 0.2) is 24.3 Å². The van der Waals surface area contributed by atoms with Crippen LogP contribution < -0.4 is 10.1 Å². The van der Waals surface area contributed by atoms with Gasteiger partial charge in [0.1, 0.15) is 5.75 Å². The molecule has 19 heavy (non-hydrogen) atoms. The van der Waals surface area contributed by atoms with Crippen molar-refractivity contribution in [1.29, 1.82) is 0 Å². The monoisotopic (exact) mass is 262 g/mol. The van der Waals surface area contributed by atoms with Crippen LogP contribution in [0, 0.1) is 0 Å². The molecule has 0 saturated carbocycles. The molecular weight excluding hydrogens is 236 g/mol. The number of rotatable bonds is 5. The molecule has 1 aromatic carbocycles. The van der Waals surface area contributed by atoms with Crippen molar-refractivity contribution in [3.63, 3.8) is 0 Å². The highest BCUT2D eigenvalue weighted by Gasteiger charge is 2.21. The van der Waals surface area contributed by atoms with Crippen LogP contribution in [-0.4, -0.2) is 36.7 Å². The quantitative estimate of drug-likeness (QED) is 0.883. The number of ether oxygens (including phenoxy) is 1. The minimum absolute atomic E-state index is 0.586. The van der Waals surface area contributed by atoms with Gasteiger partial charge in [-0.25, -0.2) is 0 Å². The molecule has 0 spiro atoms. The van der Waals surface area contributed by atoms with Gasteiger partial charge in [0.05, 0.1) is 6.61 Å². The Kier molecular flexibility index (Phi) is 5.23. The fourth-order valence-electron chi connectivity index (χ4n) is 2.46. The lowest BCUT2D eigenvalue weighted by atomic mass is 10.1. The van der Waals surface area contributed by atoms with Crippen molar-refractivity contribution >= 4 is 0 Å². The molecule has 3 heteroatoms. The number of piperazine rings is 1. The van der Waals surface area contributed by atoms with Crippen LogP contribution in [0.4, 0.5) is 0 Å². The van der Waals surface area contributed by atoms with E-state index in [1.165, 1.54) is 5.56 Å². The van der Waals surface area contributed by atoms with Crippen molar-refractivity contribution in [2.45, 2.75) is 45.8 Å². The average molecular weight is 262 g/mol. The van der Waals surface area contributed by atoms with Gasteiger partial charge >= 0.3 is 0 Å². The van der Waals surface area contributed by atoms with E-state index in [0.717, 1.165) is 38.4 Å². The van der Waals surface area contributed by atoms with Gasteiger partial charge in [-0.1, -0.05) is 19.1 Å². The van der Waals surface area contributed by atoms with Gasteiger partial charge in [-0.3, -0.25) is 4.90 Å². The zero-order chi connectivity index (χ0) is 13.7. The van der Waals surface area contributed by atoms with E-state index in [-0.39, 0.29) is 0 Å². The van der Waals surface area contributed by atoms with Crippen LogP contribution in [0.2, 0.25) is 0 Å².